The van der Waals surface area contributed by atoms with Crippen LogP contribution in [0.4, 0.5) is 19.3 Å². The van der Waals surface area contributed by atoms with E-state index in [1.165, 1.54) is 24.3 Å². The van der Waals surface area contributed by atoms with Crippen molar-refractivity contribution in [3.63, 3.8) is 0 Å². The van der Waals surface area contributed by atoms with Crippen LogP contribution in [0.25, 0.3) is 0 Å². The van der Waals surface area contributed by atoms with Crippen molar-refractivity contribution in [3.05, 3.63) is 64.7 Å². The van der Waals surface area contributed by atoms with Gasteiger partial charge in [-0.2, -0.15) is 0 Å². The number of amides is 2. The quantitative estimate of drug-likeness (QED) is 0.852. The van der Waals surface area contributed by atoms with E-state index in [0.717, 1.165) is 11.6 Å². The molecule has 0 saturated carbocycles. The van der Waals surface area contributed by atoms with Crippen LogP contribution >= 0.6 is 11.6 Å². The molecular formula is C17H18ClF2N3O. The van der Waals surface area contributed by atoms with Crippen LogP contribution < -0.4 is 10.6 Å². The smallest absolute Gasteiger partial charge is 0.319 e. The fourth-order valence-corrected chi connectivity index (χ4v) is 2.34. The van der Waals surface area contributed by atoms with Crippen molar-refractivity contribution in [1.82, 2.24) is 10.2 Å². The highest BCUT2D eigenvalue weighted by atomic mass is 35.5. The first-order valence-electron chi connectivity index (χ1n) is 7.28. The minimum absolute atomic E-state index is 0.00932. The predicted molar refractivity (Wildman–Crippen MR) is 91.3 cm³/mol. The van der Waals surface area contributed by atoms with Crippen LogP contribution in [0.1, 0.15) is 11.6 Å². The number of benzene rings is 2. The molecule has 2 aromatic rings. The summed E-state index contributed by atoms with van der Waals surface area (Å²) in [5.74, 6) is -0.918. The van der Waals surface area contributed by atoms with Crippen molar-refractivity contribution in [2.45, 2.75) is 6.04 Å². The number of nitrogens with zero attached hydrogens (tertiary/aromatic N) is 1. The Morgan fingerprint density at radius 2 is 1.83 bits per heavy atom. The fourth-order valence-electron chi connectivity index (χ4n) is 2.22. The third kappa shape index (κ3) is 4.91. The molecule has 4 nitrogen and oxygen atoms in total. The van der Waals surface area contributed by atoms with Gasteiger partial charge < -0.3 is 15.5 Å². The number of likely N-dealkylation sites (N-methyl/N-ethyl adjacent to an activating group) is 1. The number of hydrogen-bond acceptors (Lipinski definition) is 2. The second-order valence-electron chi connectivity index (χ2n) is 5.49. The number of carbonyl (C=O) groups is 1. The summed E-state index contributed by atoms with van der Waals surface area (Å²) in [5, 5.41) is 5.25. The van der Waals surface area contributed by atoms with Gasteiger partial charge in [-0.3, -0.25) is 0 Å². The summed E-state index contributed by atoms with van der Waals surface area (Å²) >= 11 is 5.60. The van der Waals surface area contributed by atoms with Crippen LogP contribution in [0.3, 0.4) is 0 Å². The van der Waals surface area contributed by atoms with E-state index in [2.05, 4.69) is 10.6 Å². The number of halogens is 3. The van der Waals surface area contributed by atoms with E-state index in [-0.39, 0.29) is 16.9 Å². The fraction of sp³-hybridized carbons (Fsp3) is 0.235. The zero-order valence-electron chi connectivity index (χ0n) is 13.3. The molecule has 24 heavy (non-hydrogen) atoms. The van der Waals surface area contributed by atoms with Gasteiger partial charge in [-0.15, -0.1) is 0 Å². The van der Waals surface area contributed by atoms with Crippen LogP contribution in [-0.4, -0.2) is 31.6 Å². The monoisotopic (exact) mass is 353 g/mol. The molecule has 2 amide bonds. The maximum atomic E-state index is 13.4. The van der Waals surface area contributed by atoms with Crippen molar-refractivity contribution < 1.29 is 13.6 Å². The molecule has 0 aliphatic carbocycles. The molecule has 2 aromatic carbocycles. The molecular weight excluding hydrogens is 336 g/mol. The minimum Gasteiger partial charge on any atom is -0.336 e. The van der Waals surface area contributed by atoms with Crippen LogP contribution in [-0.2, 0) is 0 Å². The maximum Gasteiger partial charge on any atom is 0.319 e. The van der Waals surface area contributed by atoms with Crippen LogP contribution in [0.2, 0.25) is 5.02 Å². The van der Waals surface area contributed by atoms with E-state index < -0.39 is 11.8 Å². The highest BCUT2D eigenvalue weighted by Crippen LogP contribution is 2.19. The largest absolute Gasteiger partial charge is 0.336 e. The molecule has 2 N–H and O–H groups in total. The van der Waals surface area contributed by atoms with Crippen LogP contribution in [0.5, 0.6) is 0 Å². The number of urea groups is 1. The Morgan fingerprint density at radius 3 is 2.42 bits per heavy atom. The van der Waals surface area contributed by atoms with Gasteiger partial charge in [0.2, 0.25) is 0 Å². The van der Waals surface area contributed by atoms with Crippen LogP contribution in [0.15, 0.2) is 42.5 Å². The second kappa shape index (κ2) is 8.08. The summed E-state index contributed by atoms with van der Waals surface area (Å²) in [6.45, 7) is 0.306. The number of anilines is 1. The molecule has 0 heterocycles. The average molecular weight is 354 g/mol. The first-order valence-corrected chi connectivity index (χ1v) is 7.66. The van der Waals surface area contributed by atoms with Crippen molar-refractivity contribution in [2.75, 3.05) is 26.0 Å². The van der Waals surface area contributed by atoms with Gasteiger partial charge in [0.1, 0.15) is 11.6 Å². The van der Waals surface area contributed by atoms with E-state index in [4.69, 9.17) is 11.6 Å². The van der Waals surface area contributed by atoms with Gasteiger partial charge in [0.15, 0.2) is 0 Å². The number of nitrogens with one attached hydrogen (secondary N) is 2. The Labute approximate surface area is 144 Å². The topological polar surface area (TPSA) is 44.4 Å². The molecule has 128 valence electrons. The molecule has 2 rings (SSSR count). The molecule has 0 bridgehead atoms. The molecule has 0 saturated heterocycles. The summed E-state index contributed by atoms with van der Waals surface area (Å²) < 4.78 is 26.4. The third-order valence-electron chi connectivity index (χ3n) is 3.51. The Bertz CT molecular complexity index is 707. The molecule has 0 aliphatic rings. The van der Waals surface area contributed by atoms with E-state index >= 15 is 0 Å². The lowest BCUT2D eigenvalue weighted by molar-refractivity contribution is 0.243. The SMILES string of the molecule is CN(C)C(CNC(=O)Nc1ccc(Cl)c(F)c1)c1ccc(F)cc1. The lowest BCUT2D eigenvalue weighted by Gasteiger charge is -2.25. The molecule has 0 radical (unpaired) electrons. The van der Waals surface area contributed by atoms with Gasteiger partial charge in [-0.25, -0.2) is 13.6 Å². The van der Waals surface area contributed by atoms with Crippen molar-refractivity contribution in [3.8, 4) is 0 Å². The lowest BCUT2D eigenvalue weighted by atomic mass is 10.1. The highest BCUT2D eigenvalue weighted by Gasteiger charge is 2.15. The molecule has 0 fully saturated rings. The van der Waals surface area contributed by atoms with Gasteiger partial charge in [0.05, 0.1) is 11.1 Å². The zero-order valence-corrected chi connectivity index (χ0v) is 14.1. The van der Waals surface area contributed by atoms with E-state index in [9.17, 15) is 13.6 Å². The average Bonchev–Trinajstić information content (AvgIpc) is 2.52. The van der Waals surface area contributed by atoms with Crippen LogP contribution in [0, 0.1) is 11.6 Å². The van der Waals surface area contributed by atoms with E-state index in [0.29, 0.717) is 12.2 Å². The van der Waals surface area contributed by atoms with Gasteiger partial charge in [0, 0.05) is 12.2 Å². The van der Waals surface area contributed by atoms with Crippen molar-refractivity contribution >= 4 is 23.3 Å². The highest BCUT2D eigenvalue weighted by molar-refractivity contribution is 6.30. The normalized spacial score (nSPS) is 12.1. The summed E-state index contributed by atoms with van der Waals surface area (Å²) in [6, 6.07) is 9.53. The maximum absolute atomic E-state index is 13.4. The third-order valence-corrected chi connectivity index (χ3v) is 3.82. The summed E-state index contributed by atoms with van der Waals surface area (Å²) in [6.07, 6.45) is 0. The van der Waals surface area contributed by atoms with Gasteiger partial charge in [-0.1, -0.05) is 23.7 Å². The van der Waals surface area contributed by atoms with Gasteiger partial charge in [-0.05, 0) is 50.0 Å². The Hall–Kier alpha value is -2.18. The molecule has 7 heteroatoms. The van der Waals surface area contributed by atoms with Gasteiger partial charge in [0.25, 0.3) is 0 Å². The summed E-state index contributed by atoms with van der Waals surface area (Å²) in [7, 11) is 3.73. The first kappa shape index (κ1) is 18.2. The lowest BCUT2D eigenvalue weighted by Crippen LogP contribution is -2.36. The Kier molecular flexibility index (Phi) is 6.11. The van der Waals surface area contributed by atoms with Crippen molar-refractivity contribution in [2.24, 2.45) is 0 Å². The summed E-state index contributed by atoms with van der Waals surface area (Å²) in [4.78, 5) is 13.9. The first-order chi connectivity index (χ1) is 11.4. The van der Waals surface area contributed by atoms with E-state index in [1.807, 2.05) is 19.0 Å². The molecule has 0 aliphatic heterocycles. The Balaban J connectivity index is 1.97. The molecule has 0 aromatic heterocycles. The van der Waals surface area contributed by atoms with Gasteiger partial charge >= 0.3 is 6.03 Å². The number of rotatable bonds is 5. The zero-order chi connectivity index (χ0) is 17.7. The minimum atomic E-state index is -0.605. The molecule has 1 atom stereocenters. The predicted octanol–water partition coefficient (Wildman–Crippen LogP) is 4.04. The molecule has 1 unspecified atom stereocenters. The Morgan fingerprint density at radius 1 is 1.17 bits per heavy atom. The standard InChI is InChI=1S/C17H18ClF2N3O/c1-23(2)16(11-3-5-12(19)6-4-11)10-21-17(24)22-13-7-8-14(18)15(20)9-13/h3-9,16H,10H2,1-2H3,(H2,21,22,24). The number of hydrogen-bond donors (Lipinski definition) is 2. The molecule has 0 spiro atoms. The van der Waals surface area contributed by atoms with Crippen molar-refractivity contribution in [1.29, 1.82) is 0 Å². The number of carbonyl (C=O) groups excluding carboxylic acids is 1. The van der Waals surface area contributed by atoms with E-state index in [1.54, 1.807) is 12.1 Å². The summed E-state index contributed by atoms with van der Waals surface area (Å²) in [5.41, 5.74) is 1.18. The second-order valence-corrected chi connectivity index (χ2v) is 5.90.